The van der Waals surface area contributed by atoms with Gasteiger partial charge >= 0.3 is 0 Å². The van der Waals surface area contributed by atoms with Crippen molar-refractivity contribution in [3.8, 4) is 0 Å². The van der Waals surface area contributed by atoms with Crippen molar-refractivity contribution >= 4 is 17.5 Å². The number of unbranched alkanes of at least 4 members (excludes halogenated alkanes) is 1. The fourth-order valence-corrected chi connectivity index (χ4v) is 1.73. The smallest absolute Gasteiger partial charge is 0.234 e. The Labute approximate surface area is 98.8 Å². The molecule has 2 nitrogen and oxygen atoms in total. The van der Waals surface area contributed by atoms with Gasteiger partial charge in [-0.3, -0.25) is 4.79 Å². The second kappa shape index (κ2) is 7.98. The quantitative estimate of drug-likeness (QED) is 0.641. The van der Waals surface area contributed by atoms with Gasteiger partial charge in [0.1, 0.15) is 5.88 Å². The number of halogens is 1. The molecule has 0 aliphatic rings. The number of nitrogens with one attached hydrogen (secondary N) is 1. The van der Waals surface area contributed by atoms with Crippen LogP contribution in [-0.4, -0.2) is 18.3 Å². The van der Waals surface area contributed by atoms with Crippen molar-refractivity contribution in [1.29, 1.82) is 0 Å². The molecule has 0 aromatic rings. The molecule has 1 atom stereocenters. The predicted molar refractivity (Wildman–Crippen MR) is 66.3 cm³/mol. The lowest BCUT2D eigenvalue weighted by Crippen LogP contribution is -2.29. The molecule has 0 aliphatic carbocycles. The van der Waals surface area contributed by atoms with Crippen LogP contribution in [0.15, 0.2) is 0 Å². The zero-order valence-electron chi connectivity index (χ0n) is 10.2. The van der Waals surface area contributed by atoms with Crippen LogP contribution < -0.4 is 5.32 Å². The zero-order valence-corrected chi connectivity index (χ0v) is 11.0. The topological polar surface area (TPSA) is 29.1 Å². The highest BCUT2D eigenvalue weighted by molar-refractivity contribution is 6.27. The van der Waals surface area contributed by atoms with Crippen LogP contribution >= 0.6 is 11.6 Å². The van der Waals surface area contributed by atoms with Crippen LogP contribution in [0.5, 0.6) is 0 Å². The molecule has 3 heteroatoms. The standard InChI is InChI=1S/C12H24ClNO/c1-4-6-7-12(3,5-2)8-9-14-11(15)10-13/h4-10H2,1-3H3,(H,14,15). The summed E-state index contributed by atoms with van der Waals surface area (Å²) in [6, 6.07) is 0. The SMILES string of the molecule is CCCCC(C)(CC)CCNC(=O)CCl. The third-order valence-electron chi connectivity index (χ3n) is 3.16. The van der Waals surface area contributed by atoms with E-state index in [0.29, 0.717) is 5.41 Å². The van der Waals surface area contributed by atoms with E-state index in [2.05, 4.69) is 26.1 Å². The van der Waals surface area contributed by atoms with E-state index in [1.807, 2.05) is 0 Å². The summed E-state index contributed by atoms with van der Waals surface area (Å²) in [4.78, 5) is 11.0. The summed E-state index contributed by atoms with van der Waals surface area (Å²) < 4.78 is 0. The van der Waals surface area contributed by atoms with Crippen LogP contribution in [0.25, 0.3) is 0 Å². The van der Waals surface area contributed by atoms with Crippen LogP contribution in [0, 0.1) is 5.41 Å². The molecule has 0 fully saturated rings. The molecule has 15 heavy (non-hydrogen) atoms. The first kappa shape index (κ1) is 14.8. The molecule has 0 aromatic heterocycles. The molecule has 0 spiro atoms. The van der Waals surface area contributed by atoms with E-state index in [9.17, 15) is 4.79 Å². The van der Waals surface area contributed by atoms with Gasteiger partial charge in [-0.25, -0.2) is 0 Å². The maximum absolute atomic E-state index is 11.0. The Hall–Kier alpha value is -0.240. The minimum absolute atomic E-state index is 0.0642. The van der Waals surface area contributed by atoms with Crippen LogP contribution in [-0.2, 0) is 4.79 Å². The van der Waals surface area contributed by atoms with E-state index in [0.717, 1.165) is 13.0 Å². The highest BCUT2D eigenvalue weighted by Crippen LogP contribution is 2.31. The molecular weight excluding hydrogens is 210 g/mol. The molecular formula is C12H24ClNO. The van der Waals surface area contributed by atoms with Crippen molar-refractivity contribution in [2.45, 2.75) is 52.9 Å². The summed E-state index contributed by atoms with van der Waals surface area (Å²) in [5.74, 6) is 0.00301. The van der Waals surface area contributed by atoms with Crippen LogP contribution in [0.2, 0.25) is 0 Å². The van der Waals surface area contributed by atoms with Gasteiger partial charge in [-0.05, 0) is 18.3 Å². The minimum Gasteiger partial charge on any atom is -0.355 e. The monoisotopic (exact) mass is 233 g/mol. The van der Waals surface area contributed by atoms with E-state index >= 15 is 0 Å². The fraction of sp³-hybridized carbons (Fsp3) is 0.917. The van der Waals surface area contributed by atoms with Crippen molar-refractivity contribution in [3.05, 3.63) is 0 Å². The molecule has 0 saturated heterocycles. The Bertz CT molecular complexity index is 184. The highest BCUT2D eigenvalue weighted by Gasteiger charge is 2.20. The minimum atomic E-state index is -0.0642. The number of hydrogen-bond acceptors (Lipinski definition) is 1. The van der Waals surface area contributed by atoms with Gasteiger partial charge in [-0.1, -0.05) is 40.0 Å². The molecule has 0 saturated carbocycles. The van der Waals surface area contributed by atoms with Gasteiger partial charge in [0, 0.05) is 6.54 Å². The van der Waals surface area contributed by atoms with Gasteiger partial charge in [-0.15, -0.1) is 11.6 Å². The van der Waals surface area contributed by atoms with Crippen molar-refractivity contribution in [2.24, 2.45) is 5.41 Å². The number of hydrogen-bond donors (Lipinski definition) is 1. The lowest BCUT2D eigenvalue weighted by atomic mass is 9.79. The van der Waals surface area contributed by atoms with Crippen LogP contribution in [0.1, 0.15) is 52.9 Å². The second-order valence-corrected chi connectivity index (χ2v) is 4.77. The van der Waals surface area contributed by atoms with E-state index in [1.54, 1.807) is 0 Å². The van der Waals surface area contributed by atoms with Crippen molar-refractivity contribution in [3.63, 3.8) is 0 Å². The summed E-state index contributed by atoms with van der Waals surface area (Å²) in [5.41, 5.74) is 0.371. The number of amides is 1. The van der Waals surface area contributed by atoms with E-state index in [4.69, 9.17) is 11.6 Å². The normalized spacial score (nSPS) is 14.7. The van der Waals surface area contributed by atoms with Gasteiger partial charge in [0.15, 0.2) is 0 Å². The molecule has 1 N–H and O–H groups in total. The predicted octanol–water partition coefficient (Wildman–Crippen LogP) is 3.34. The molecule has 0 aliphatic heterocycles. The number of alkyl halides is 1. The summed E-state index contributed by atoms with van der Waals surface area (Å²) in [7, 11) is 0. The van der Waals surface area contributed by atoms with Crippen LogP contribution in [0.3, 0.4) is 0 Å². The van der Waals surface area contributed by atoms with Crippen LogP contribution in [0.4, 0.5) is 0 Å². The van der Waals surface area contributed by atoms with E-state index in [1.165, 1.54) is 25.7 Å². The molecule has 90 valence electrons. The first-order chi connectivity index (χ1) is 7.08. The average molecular weight is 234 g/mol. The summed E-state index contributed by atoms with van der Waals surface area (Å²) in [5, 5.41) is 2.83. The third-order valence-corrected chi connectivity index (χ3v) is 3.40. The lowest BCUT2D eigenvalue weighted by molar-refractivity contribution is -0.118. The summed E-state index contributed by atoms with van der Waals surface area (Å²) >= 11 is 5.41. The molecule has 0 heterocycles. The average Bonchev–Trinajstić information content (AvgIpc) is 2.26. The first-order valence-corrected chi connectivity index (χ1v) is 6.44. The van der Waals surface area contributed by atoms with E-state index < -0.39 is 0 Å². The Morgan fingerprint density at radius 3 is 2.47 bits per heavy atom. The zero-order chi connectivity index (χ0) is 11.7. The third kappa shape index (κ3) is 6.77. The molecule has 0 aromatic carbocycles. The highest BCUT2D eigenvalue weighted by atomic mass is 35.5. The lowest BCUT2D eigenvalue weighted by Gasteiger charge is -2.28. The molecule has 1 unspecified atom stereocenters. The fourth-order valence-electron chi connectivity index (χ4n) is 1.63. The summed E-state index contributed by atoms with van der Waals surface area (Å²) in [6.45, 7) is 7.49. The van der Waals surface area contributed by atoms with Crippen molar-refractivity contribution in [2.75, 3.05) is 12.4 Å². The molecule has 0 bridgehead atoms. The van der Waals surface area contributed by atoms with Gasteiger partial charge in [0.05, 0.1) is 0 Å². The molecule has 0 radical (unpaired) electrons. The largest absolute Gasteiger partial charge is 0.355 e. The van der Waals surface area contributed by atoms with Crippen molar-refractivity contribution in [1.82, 2.24) is 5.32 Å². The Morgan fingerprint density at radius 2 is 2.00 bits per heavy atom. The van der Waals surface area contributed by atoms with Gasteiger partial charge < -0.3 is 5.32 Å². The molecule has 1 amide bonds. The van der Waals surface area contributed by atoms with Gasteiger partial charge in [0.25, 0.3) is 0 Å². The van der Waals surface area contributed by atoms with Gasteiger partial charge in [-0.2, -0.15) is 0 Å². The van der Waals surface area contributed by atoms with Crippen molar-refractivity contribution < 1.29 is 4.79 Å². The van der Waals surface area contributed by atoms with Gasteiger partial charge in [0.2, 0.25) is 5.91 Å². The Morgan fingerprint density at radius 1 is 1.33 bits per heavy atom. The Kier molecular flexibility index (Phi) is 7.85. The maximum Gasteiger partial charge on any atom is 0.234 e. The Balaban J connectivity index is 3.81. The number of carbonyl (C=O) groups is 1. The van der Waals surface area contributed by atoms with E-state index in [-0.39, 0.29) is 11.8 Å². The summed E-state index contributed by atoms with van der Waals surface area (Å²) in [6.07, 6.45) is 5.98. The number of rotatable bonds is 8. The maximum atomic E-state index is 11.0. The number of carbonyl (C=O) groups excluding carboxylic acids is 1. The first-order valence-electron chi connectivity index (χ1n) is 5.90. The second-order valence-electron chi connectivity index (χ2n) is 4.50. The molecule has 0 rings (SSSR count).